The van der Waals surface area contributed by atoms with Gasteiger partial charge < -0.3 is 5.32 Å². The van der Waals surface area contributed by atoms with Crippen molar-refractivity contribution in [1.82, 2.24) is 0 Å². The maximum absolute atomic E-state index is 5.93. The zero-order valence-electron chi connectivity index (χ0n) is 10.1. The summed E-state index contributed by atoms with van der Waals surface area (Å²) >= 11 is 7.80. The van der Waals surface area contributed by atoms with Crippen LogP contribution in [0.2, 0.25) is 5.02 Å². The fourth-order valence-electron chi connectivity index (χ4n) is 1.72. The highest BCUT2D eigenvalue weighted by Gasteiger charge is 2.01. The normalized spacial score (nSPS) is 10.5. The summed E-state index contributed by atoms with van der Waals surface area (Å²) in [7, 11) is 0. The molecule has 0 atom stereocenters. The molecule has 1 aromatic heterocycles. The fraction of sp³-hybridized carbons (Fsp3) is 0.286. The molecule has 1 N–H and O–H groups in total. The summed E-state index contributed by atoms with van der Waals surface area (Å²) in [5.74, 6) is 0. The average Bonchev–Trinajstić information content (AvgIpc) is 2.76. The Morgan fingerprint density at radius 1 is 1.18 bits per heavy atom. The lowest BCUT2D eigenvalue weighted by atomic mass is 10.2. The summed E-state index contributed by atoms with van der Waals surface area (Å²) in [4.78, 5) is 2.81. The maximum atomic E-state index is 5.93. The molecule has 0 spiro atoms. The van der Waals surface area contributed by atoms with Crippen LogP contribution in [0.1, 0.15) is 22.2 Å². The van der Waals surface area contributed by atoms with Gasteiger partial charge in [-0.1, -0.05) is 18.5 Å². The summed E-state index contributed by atoms with van der Waals surface area (Å²) in [5.41, 5.74) is 2.34. The molecule has 3 heteroatoms. The van der Waals surface area contributed by atoms with E-state index in [4.69, 9.17) is 11.6 Å². The molecule has 1 heterocycles. The van der Waals surface area contributed by atoms with Crippen LogP contribution in [-0.4, -0.2) is 0 Å². The first-order valence-electron chi connectivity index (χ1n) is 5.76. The molecule has 0 unspecified atom stereocenters. The number of hydrogen-bond acceptors (Lipinski definition) is 2. The van der Waals surface area contributed by atoms with Gasteiger partial charge in [0, 0.05) is 27.0 Å². The number of nitrogens with one attached hydrogen (secondary N) is 1. The lowest BCUT2D eigenvalue weighted by Gasteiger charge is -2.08. The van der Waals surface area contributed by atoms with Crippen LogP contribution in [0, 0.1) is 6.92 Å². The van der Waals surface area contributed by atoms with E-state index in [1.807, 2.05) is 29.5 Å². The second kappa shape index (κ2) is 5.56. The lowest BCUT2D eigenvalue weighted by molar-refractivity contribution is 1.18. The Bertz CT molecular complexity index is 505. The Labute approximate surface area is 111 Å². The molecule has 0 fully saturated rings. The molecule has 0 aliphatic carbocycles. The van der Waals surface area contributed by atoms with Gasteiger partial charge in [-0.15, -0.1) is 11.3 Å². The van der Waals surface area contributed by atoms with Crippen LogP contribution in [0.4, 0.5) is 5.69 Å². The molecule has 2 rings (SSSR count). The first kappa shape index (κ1) is 12.5. The minimum absolute atomic E-state index is 0.789. The third-order valence-electron chi connectivity index (χ3n) is 2.71. The molecule has 1 nitrogen and oxygen atoms in total. The summed E-state index contributed by atoms with van der Waals surface area (Å²) in [6, 6.07) is 10.3. The first-order valence-corrected chi connectivity index (χ1v) is 6.96. The summed E-state index contributed by atoms with van der Waals surface area (Å²) in [5, 5.41) is 4.23. The van der Waals surface area contributed by atoms with Crippen molar-refractivity contribution in [3.63, 3.8) is 0 Å². The van der Waals surface area contributed by atoms with Crippen molar-refractivity contribution in [3.8, 4) is 0 Å². The van der Waals surface area contributed by atoms with Gasteiger partial charge in [0.15, 0.2) is 0 Å². The predicted octanol–water partition coefficient (Wildman–Crippen LogP) is 4.88. The monoisotopic (exact) mass is 265 g/mol. The quantitative estimate of drug-likeness (QED) is 0.830. The number of thiophene rings is 1. The average molecular weight is 266 g/mol. The van der Waals surface area contributed by atoms with E-state index in [0.29, 0.717) is 0 Å². The van der Waals surface area contributed by atoms with Crippen molar-refractivity contribution in [1.29, 1.82) is 0 Å². The third-order valence-corrected chi connectivity index (χ3v) is 4.17. The highest BCUT2D eigenvalue weighted by Crippen LogP contribution is 2.22. The van der Waals surface area contributed by atoms with Crippen molar-refractivity contribution in [2.75, 3.05) is 5.32 Å². The number of rotatable bonds is 4. The van der Waals surface area contributed by atoms with Gasteiger partial charge in [-0.2, -0.15) is 0 Å². The molecule has 0 bridgehead atoms. The van der Waals surface area contributed by atoms with Crippen molar-refractivity contribution in [2.45, 2.75) is 26.8 Å². The van der Waals surface area contributed by atoms with Crippen LogP contribution < -0.4 is 5.32 Å². The Kier molecular flexibility index (Phi) is 4.08. The number of halogens is 1. The van der Waals surface area contributed by atoms with Crippen LogP contribution >= 0.6 is 22.9 Å². The molecule has 0 aliphatic rings. The van der Waals surface area contributed by atoms with Gasteiger partial charge in [0.25, 0.3) is 0 Å². The van der Waals surface area contributed by atoms with Gasteiger partial charge in [-0.05, 0) is 49.2 Å². The van der Waals surface area contributed by atoms with Gasteiger partial charge in [0.2, 0.25) is 0 Å². The smallest absolute Gasteiger partial charge is 0.0494 e. The largest absolute Gasteiger partial charge is 0.380 e. The Hall–Kier alpha value is -0.990. The molecule has 0 amide bonds. The number of aryl methyl sites for hydroxylation is 2. The van der Waals surface area contributed by atoms with Gasteiger partial charge in [0.1, 0.15) is 0 Å². The van der Waals surface area contributed by atoms with Crippen LogP contribution in [-0.2, 0) is 13.0 Å². The number of benzene rings is 1. The lowest BCUT2D eigenvalue weighted by Crippen LogP contribution is -1.98. The second-order valence-corrected chi connectivity index (χ2v) is 5.72. The highest BCUT2D eigenvalue weighted by atomic mass is 35.5. The summed E-state index contributed by atoms with van der Waals surface area (Å²) in [6.07, 6.45) is 1.12. The van der Waals surface area contributed by atoms with Crippen molar-refractivity contribution < 1.29 is 0 Å². The molecule has 1 aromatic carbocycles. The van der Waals surface area contributed by atoms with Gasteiger partial charge in [-0.3, -0.25) is 0 Å². The van der Waals surface area contributed by atoms with Crippen LogP contribution in [0.15, 0.2) is 30.3 Å². The SMILES string of the molecule is CCc1ccc(CNc2ccc(Cl)cc2C)s1. The minimum Gasteiger partial charge on any atom is -0.380 e. The topological polar surface area (TPSA) is 12.0 Å². The van der Waals surface area contributed by atoms with E-state index >= 15 is 0 Å². The fourth-order valence-corrected chi connectivity index (χ4v) is 2.84. The molecule has 0 saturated heterocycles. The zero-order chi connectivity index (χ0) is 12.3. The zero-order valence-corrected chi connectivity index (χ0v) is 11.7. The number of hydrogen-bond donors (Lipinski definition) is 1. The van der Waals surface area contributed by atoms with Crippen LogP contribution in [0.25, 0.3) is 0 Å². The minimum atomic E-state index is 0.789. The van der Waals surface area contributed by atoms with E-state index in [9.17, 15) is 0 Å². The first-order chi connectivity index (χ1) is 8.19. The maximum Gasteiger partial charge on any atom is 0.0494 e. The number of anilines is 1. The molecule has 0 radical (unpaired) electrons. The van der Waals surface area contributed by atoms with E-state index in [1.165, 1.54) is 15.3 Å². The van der Waals surface area contributed by atoms with E-state index in [0.717, 1.165) is 23.7 Å². The van der Waals surface area contributed by atoms with E-state index < -0.39 is 0 Å². The molecule has 2 aromatic rings. The van der Waals surface area contributed by atoms with Crippen molar-refractivity contribution >= 4 is 28.6 Å². The molecule has 0 aliphatic heterocycles. The molecular formula is C14H16ClNS. The Morgan fingerprint density at radius 3 is 2.59 bits per heavy atom. The Morgan fingerprint density at radius 2 is 1.94 bits per heavy atom. The van der Waals surface area contributed by atoms with Crippen molar-refractivity contribution in [3.05, 3.63) is 50.7 Å². The molecule has 17 heavy (non-hydrogen) atoms. The van der Waals surface area contributed by atoms with Crippen LogP contribution in [0.5, 0.6) is 0 Å². The highest BCUT2D eigenvalue weighted by molar-refractivity contribution is 7.12. The molecular weight excluding hydrogens is 250 g/mol. The van der Waals surface area contributed by atoms with Gasteiger partial charge >= 0.3 is 0 Å². The van der Waals surface area contributed by atoms with E-state index in [1.54, 1.807) is 0 Å². The Balaban J connectivity index is 2.02. The van der Waals surface area contributed by atoms with E-state index in [2.05, 4.69) is 31.3 Å². The summed E-state index contributed by atoms with van der Waals surface area (Å²) in [6.45, 7) is 5.14. The summed E-state index contributed by atoms with van der Waals surface area (Å²) < 4.78 is 0. The molecule has 90 valence electrons. The van der Waals surface area contributed by atoms with Crippen molar-refractivity contribution in [2.24, 2.45) is 0 Å². The van der Waals surface area contributed by atoms with Gasteiger partial charge in [-0.25, -0.2) is 0 Å². The van der Waals surface area contributed by atoms with E-state index in [-0.39, 0.29) is 0 Å². The molecule has 0 saturated carbocycles. The third kappa shape index (κ3) is 3.24. The standard InChI is InChI=1S/C14H16ClNS/c1-3-12-5-6-13(17-12)9-16-14-7-4-11(15)8-10(14)2/h4-8,16H,3,9H2,1-2H3. The van der Waals surface area contributed by atoms with Gasteiger partial charge in [0.05, 0.1) is 0 Å². The second-order valence-electron chi connectivity index (χ2n) is 4.03. The predicted molar refractivity (Wildman–Crippen MR) is 77.2 cm³/mol. The van der Waals surface area contributed by atoms with Crippen LogP contribution in [0.3, 0.4) is 0 Å².